The van der Waals surface area contributed by atoms with Crippen LogP contribution in [-0.4, -0.2) is 12.8 Å². The van der Waals surface area contributed by atoms with Gasteiger partial charge in [-0.2, -0.15) is 8.78 Å². The molecule has 0 saturated heterocycles. The molecule has 0 radical (unpaired) electrons. The molecule has 1 N–H and O–H groups in total. The third-order valence-electron chi connectivity index (χ3n) is 0.652. The number of rotatable bonds is 3. The van der Waals surface area contributed by atoms with E-state index in [9.17, 15) is 8.78 Å². The van der Waals surface area contributed by atoms with Crippen molar-refractivity contribution in [2.24, 2.45) is 0 Å². The molecule has 52 valence electrons. The number of allylic oxidation sites excluding steroid dienone is 2. The normalized spacial score (nSPS) is 11.8. The van der Waals surface area contributed by atoms with Gasteiger partial charge in [0.2, 0.25) is 0 Å². The Kier molecular flexibility index (Phi) is 3.59. The van der Waals surface area contributed by atoms with Crippen LogP contribution in [0.4, 0.5) is 8.78 Å². The first kappa shape index (κ1) is 8.07. The number of hydrogen-bond donors (Lipinski definition) is 1. The summed E-state index contributed by atoms with van der Waals surface area (Å²) in [5.41, 5.74) is 0. The third kappa shape index (κ3) is 3.64. The molecule has 0 rings (SSSR count). The minimum absolute atomic E-state index is 0.120. The first-order valence-electron chi connectivity index (χ1n) is 2.32. The van der Waals surface area contributed by atoms with Crippen molar-refractivity contribution in [3.05, 3.63) is 11.8 Å². The molecule has 0 amide bonds. The average Bonchev–Trinajstić information content (AvgIpc) is 1.82. The summed E-state index contributed by atoms with van der Waals surface area (Å²) in [4.78, 5) is 0. The van der Waals surface area contributed by atoms with Crippen LogP contribution in [0.15, 0.2) is 11.8 Å². The highest BCUT2D eigenvalue weighted by molar-refractivity contribution is 5.72. The van der Waals surface area contributed by atoms with Gasteiger partial charge < -0.3 is 10.1 Å². The van der Waals surface area contributed by atoms with Gasteiger partial charge in [0.15, 0.2) is 0 Å². The minimum Gasteiger partial charge on any atom is -0.434 e. The lowest BCUT2D eigenvalue weighted by atomic mass is 10.5. The molecule has 0 heterocycles. The van der Waals surface area contributed by atoms with Crippen LogP contribution >= 0.6 is 0 Å². The number of hydrogen-bond acceptors (Lipinski definition) is 2. The van der Waals surface area contributed by atoms with E-state index in [1.165, 1.54) is 13.0 Å². The van der Waals surface area contributed by atoms with Gasteiger partial charge in [0.25, 0.3) is 0 Å². The van der Waals surface area contributed by atoms with Crippen LogP contribution in [0.2, 0.25) is 0 Å². The van der Waals surface area contributed by atoms with Crippen LogP contribution in [-0.2, 0) is 4.74 Å². The largest absolute Gasteiger partial charge is 0.434 e. The lowest BCUT2D eigenvalue weighted by Gasteiger charge is -2.01. The molecule has 9 heavy (non-hydrogen) atoms. The van der Waals surface area contributed by atoms with Gasteiger partial charge in [0.1, 0.15) is 5.76 Å². The van der Waals surface area contributed by atoms with Gasteiger partial charge in [-0.05, 0) is 13.0 Å². The highest BCUT2D eigenvalue weighted by Gasteiger charge is 2.01. The van der Waals surface area contributed by atoms with Crippen LogP contribution in [0.5, 0.6) is 0 Å². The van der Waals surface area contributed by atoms with Crippen LogP contribution in [0.1, 0.15) is 6.92 Å². The fourth-order valence-corrected chi connectivity index (χ4v) is 0.288. The summed E-state index contributed by atoms with van der Waals surface area (Å²) in [5.74, 6) is -0.120. The quantitative estimate of drug-likeness (QED) is 0.464. The molecule has 0 spiro atoms. The van der Waals surface area contributed by atoms with E-state index in [0.29, 0.717) is 0 Å². The molecule has 0 saturated carbocycles. The predicted molar refractivity (Wildman–Crippen MR) is 29.6 cm³/mol. The highest BCUT2D eigenvalue weighted by atomic mass is 19.3. The molecule has 0 fully saturated rings. The van der Waals surface area contributed by atoms with Gasteiger partial charge in [0.05, 0.1) is 6.21 Å². The van der Waals surface area contributed by atoms with E-state index in [1.54, 1.807) is 0 Å². The van der Waals surface area contributed by atoms with Gasteiger partial charge in [-0.25, -0.2) is 0 Å². The predicted octanol–water partition coefficient (Wildman–Crippen LogP) is 1.78. The topological polar surface area (TPSA) is 33.1 Å². The molecule has 0 aromatic heterocycles. The van der Waals surface area contributed by atoms with Crippen LogP contribution in [0, 0.1) is 5.41 Å². The van der Waals surface area contributed by atoms with Crippen LogP contribution < -0.4 is 0 Å². The molecule has 0 unspecified atom stereocenters. The Morgan fingerprint density at radius 2 is 2.22 bits per heavy atom. The zero-order chi connectivity index (χ0) is 7.28. The fraction of sp³-hybridized carbons (Fsp3) is 0.400. The van der Waals surface area contributed by atoms with E-state index in [-0.39, 0.29) is 5.76 Å². The summed E-state index contributed by atoms with van der Waals surface area (Å²) >= 11 is 0. The highest BCUT2D eigenvalue weighted by Crippen LogP contribution is 2.01. The van der Waals surface area contributed by atoms with Gasteiger partial charge in [0, 0.05) is 0 Å². The molecular formula is C5H7F2NO. The summed E-state index contributed by atoms with van der Waals surface area (Å²) in [5, 5.41) is 6.50. The summed E-state index contributed by atoms with van der Waals surface area (Å²) in [6.45, 7) is -1.32. The number of nitrogens with one attached hydrogen (secondary N) is 1. The Hall–Kier alpha value is -0.930. The molecule has 0 atom stereocenters. The Bertz CT molecular complexity index is 122. The number of halogens is 2. The Morgan fingerprint density at radius 1 is 1.67 bits per heavy atom. The monoisotopic (exact) mass is 135 g/mol. The minimum atomic E-state index is -2.84. The Morgan fingerprint density at radius 3 is 2.33 bits per heavy atom. The smallest absolute Gasteiger partial charge is 0.387 e. The summed E-state index contributed by atoms with van der Waals surface area (Å²) in [6, 6.07) is 0. The van der Waals surface area contributed by atoms with Crippen molar-refractivity contribution in [2.75, 3.05) is 0 Å². The summed E-state index contributed by atoms with van der Waals surface area (Å²) in [6.07, 6.45) is 2.02. The van der Waals surface area contributed by atoms with Crippen molar-refractivity contribution in [3.63, 3.8) is 0 Å². The summed E-state index contributed by atoms with van der Waals surface area (Å²) < 4.78 is 26.4. The van der Waals surface area contributed by atoms with Crippen molar-refractivity contribution in [1.82, 2.24) is 0 Å². The number of ether oxygens (including phenoxy) is 1. The van der Waals surface area contributed by atoms with Crippen molar-refractivity contribution < 1.29 is 13.5 Å². The maximum absolute atomic E-state index is 11.3. The van der Waals surface area contributed by atoms with Crippen LogP contribution in [0.25, 0.3) is 0 Å². The molecule has 0 bridgehead atoms. The lowest BCUT2D eigenvalue weighted by Crippen LogP contribution is -1.98. The molecule has 4 heteroatoms. The van der Waals surface area contributed by atoms with E-state index in [1.807, 2.05) is 0 Å². The first-order chi connectivity index (χ1) is 4.20. The van der Waals surface area contributed by atoms with E-state index >= 15 is 0 Å². The second kappa shape index (κ2) is 4.00. The summed E-state index contributed by atoms with van der Waals surface area (Å²) in [7, 11) is 0. The molecular weight excluding hydrogens is 128 g/mol. The van der Waals surface area contributed by atoms with E-state index in [4.69, 9.17) is 5.41 Å². The van der Waals surface area contributed by atoms with E-state index in [0.717, 1.165) is 6.21 Å². The SMILES string of the molecule is C/C=C(\C=N)OC(F)F. The van der Waals surface area contributed by atoms with Crippen molar-refractivity contribution in [2.45, 2.75) is 13.5 Å². The van der Waals surface area contributed by atoms with Crippen molar-refractivity contribution in [1.29, 1.82) is 5.41 Å². The fourth-order valence-electron chi connectivity index (χ4n) is 0.288. The molecule has 0 aromatic carbocycles. The molecule has 2 nitrogen and oxygen atoms in total. The average molecular weight is 135 g/mol. The van der Waals surface area contributed by atoms with Gasteiger partial charge in [-0.1, -0.05) is 0 Å². The second-order valence-electron chi connectivity index (χ2n) is 1.21. The molecule has 0 aromatic rings. The van der Waals surface area contributed by atoms with Gasteiger partial charge in [-0.3, -0.25) is 0 Å². The molecule has 0 aliphatic carbocycles. The molecule has 0 aliphatic rings. The Labute approximate surface area is 51.6 Å². The third-order valence-corrected chi connectivity index (χ3v) is 0.652. The van der Waals surface area contributed by atoms with Crippen molar-refractivity contribution >= 4 is 6.21 Å². The van der Waals surface area contributed by atoms with Gasteiger partial charge in [-0.15, -0.1) is 0 Å². The van der Waals surface area contributed by atoms with E-state index < -0.39 is 6.61 Å². The zero-order valence-corrected chi connectivity index (χ0v) is 4.90. The zero-order valence-electron chi connectivity index (χ0n) is 4.90. The number of alkyl halides is 2. The first-order valence-corrected chi connectivity index (χ1v) is 2.32. The van der Waals surface area contributed by atoms with E-state index in [2.05, 4.69) is 4.74 Å². The second-order valence-corrected chi connectivity index (χ2v) is 1.21. The van der Waals surface area contributed by atoms with Crippen LogP contribution in [0.3, 0.4) is 0 Å². The Balaban J connectivity index is 3.71. The van der Waals surface area contributed by atoms with Crippen molar-refractivity contribution in [3.8, 4) is 0 Å². The maximum atomic E-state index is 11.3. The maximum Gasteiger partial charge on any atom is 0.387 e. The lowest BCUT2D eigenvalue weighted by molar-refractivity contribution is -0.0894. The molecule has 0 aliphatic heterocycles. The standard InChI is InChI=1S/C5H7F2NO/c1-2-4(3-8)9-5(6)7/h2-3,5,8H,1H3/b4-2+,8-3?. The van der Waals surface area contributed by atoms with Gasteiger partial charge >= 0.3 is 6.61 Å².